The van der Waals surface area contributed by atoms with Crippen LogP contribution < -0.4 is 5.32 Å². The first-order chi connectivity index (χ1) is 10.4. The van der Waals surface area contributed by atoms with Crippen molar-refractivity contribution in [2.45, 2.75) is 45.2 Å². The molecule has 22 heavy (non-hydrogen) atoms. The van der Waals surface area contributed by atoms with E-state index in [4.69, 9.17) is 0 Å². The Labute approximate surface area is 130 Å². The van der Waals surface area contributed by atoms with Crippen LogP contribution in [0.1, 0.15) is 54.1 Å². The number of hydrogen-bond donors (Lipinski definition) is 1. The van der Waals surface area contributed by atoms with Gasteiger partial charge in [0.25, 0.3) is 0 Å². The van der Waals surface area contributed by atoms with Crippen molar-refractivity contribution in [2.75, 3.05) is 7.05 Å². The van der Waals surface area contributed by atoms with Crippen molar-refractivity contribution in [3.63, 3.8) is 0 Å². The topological polar surface area (TPSA) is 66.5 Å². The number of nitrogens with zero attached hydrogens (tertiary/aromatic N) is 1. The minimum atomic E-state index is -0.332. The average Bonchev–Trinajstić information content (AvgIpc) is 2.47. The number of imide groups is 1. The van der Waals surface area contributed by atoms with Gasteiger partial charge >= 0.3 is 0 Å². The highest BCUT2D eigenvalue weighted by Crippen LogP contribution is 2.20. The molecule has 0 bridgehead atoms. The Morgan fingerprint density at radius 3 is 2.68 bits per heavy atom. The molecule has 0 aromatic heterocycles. The molecule has 1 aromatic rings. The normalized spacial score (nSPS) is 18.7. The average molecular weight is 302 g/mol. The summed E-state index contributed by atoms with van der Waals surface area (Å²) in [6.45, 7) is 4.66. The SMILES string of the molecule is CC(C)c1ccc(CN(C)C2CCC(=O)NC2=O)c(C=O)c1. The van der Waals surface area contributed by atoms with Gasteiger partial charge < -0.3 is 0 Å². The number of piperidine rings is 1. The molecule has 5 nitrogen and oxygen atoms in total. The van der Waals surface area contributed by atoms with Crippen molar-refractivity contribution < 1.29 is 14.4 Å². The van der Waals surface area contributed by atoms with E-state index < -0.39 is 0 Å². The second-order valence-electron chi connectivity index (χ2n) is 6.11. The molecule has 2 amide bonds. The van der Waals surface area contributed by atoms with Crippen LogP contribution in [0, 0.1) is 0 Å². The first-order valence-corrected chi connectivity index (χ1v) is 7.54. The summed E-state index contributed by atoms with van der Waals surface area (Å²) in [6, 6.07) is 5.54. The summed E-state index contributed by atoms with van der Waals surface area (Å²) >= 11 is 0. The van der Waals surface area contributed by atoms with Gasteiger partial charge in [-0.15, -0.1) is 0 Å². The van der Waals surface area contributed by atoms with Crippen molar-refractivity contribution in [1.29, 1.82) is 0 Å². The smallest absolute Gasteiger partial charge is 0.243 e. The number of hydrogen-bond acceptors (Lipinski definition) is 4. The Morgan fingerprint density at radius 1 is 1.36 bits per heavy atom. The molecular weight excluding hydrogens is 280 g/mol. The monoisotopic (exact) mass is 302 g/mol. The van der Waals surface area contributed by atoms with E-state index in [0.717, 1.165) is 17.4 Å². The van der Waals surface area contributed by atoms with Gasteiger partial charge in [-0.25, -0.2) is 0 Å². The summed E-state index contributed by atoms with van der Waals surface area (Å²) in [6.07, 6.45) is 1.73. The fourth-order valence-corrected chi connectivity index (χ4v) is 2.71. The van der Waals surface area contributed by atoms with E-state index in [1.165, 1.54) is 0 Å². The van der Waals surface area contributed by atoms with Gasteiger partial charge in [0.1, 0.15) is 6.29 Å². The lowest BCUT2D eigenvalue weighted by atomic mass is 9.97. The summed E-state index contributed by atoms with van der Waals surface area (Å²) in [7, 11) is 1.84. The maximum Gasteiger partial charge on any atom is 0.243 e. The highest BCUT2D eigenvalue weighted by atomic mass is 16.2. The summed E-state index contributed by atoms with van der Waals surface area (Å²) in [5.74, 6) is -0.115. The van der Waals surface area contributed by atoms with Gasteiger partial charge in [0.05, 0.1) is 6.04 Å². The number of rotatable bonds is 5. The van der Waals surface area contributed by atoms with Gasteiger partial charge in [-0.1, -0.05) is 26.0 Å². The first-order valence-electron chi connectivity index (χ1n) is 7.54. The van der Waals surface area contributed by atoms with E-state index in [-0.39, 0.29) is 17.9 Å². The second-order valence-corrected chi connectivity index (χ2v) is 6.11. The maximum absolute atomic E-state index is 11.9. The van der Waals surface area contributed by atoms with Crippen LogP contribution in [-0.2, 0) is 16.1 Å². The van der Waals surface area contributed by atoms with Crippen molar-refractivity contribution >= 4 is 18.1 Å². The summed E-state index contributed by atoms with van der Waals surface area (Å²) in [5.41, 5.74) is 2.67. The second kappa shape index (κ2) is 6.83. The third-order valence-electron chi connectivity index (χ3n) is 4.13. The predicted octanol–water partition coefficient (Wildman–Crippen LogP) is 1.86. The zero-order valence-electron chi connectivity index (χ0n) is 13.3. The van der Waals surface area contributed by atoms with Crippen molar-refractivity contribution in [1.82, 2.24) is 10.2 Å². The minimum absolute atomic E-state index is 0.218. The molecule has 1 aliphatic heterocycles. The summed E-state index contributed by atoms with van der Waals surface area (Å²) in [5, 5.41) is 2.36. The molecule has 1 heterocycles. The number of carbonyl (C=O) groups excluding carboxylic acids is 3. The van der Waals surface area contributed by atoms with Crippen molar-refractivity contribution in [3.8, 4) is 0 Å². The molecule has 2 rings (SSSR count). The van der Waals surface area contributed by atoms with E-state index in [0.29, 0.717) is 30.9 Å². The molecule has 1 aliphatic rings. The highest BCUT2D eigenvalue weighted by Gasteiger charge is 2.29. The third kappa shape index (κ3) is 3.60. The standard InChI is InChI=1S/C17H22N2O3/c1-11(2)12-4-5-13(14(8-12)10-20)9-19(3)15-6-7-16(21)18-17(15)22/h4-5,8,10-11,15H,6-7,9H2,1-3H3,(H,18,21,22). The van der Waals surface area contributed by atoms with Crippen LogP contribution in [-0.4, -0.2) is 36.1 Å². The number of benzene rings is 1. The van der Waals surface area contributed by atoms with Crippen LogP contribution in [0.4, 0.5) is 0 Å². The van der Waals surface area contributed by atoms with E-state index in [9.17, 15) is 14.4 Å². The van der Waals surface area contributed by atoms with Crippen molar-refractivity contribution in [3.05, 3.63) is 34.9 Å². The first kappa shape index (κ1) is 16.4. The van der Waals surface area contributed by atoms with Gasteiger partial charge in [0, 0.05) is 18.5 Å². The Hall–Kier alpha value is -2.01. The molecule has 0 spiro atoms. The Balaban J connectivity index is 2.14. The van der Waals surface area contributed by atoms with E-state index >= 15 is 0 Å². The number of carbonyl (C=O) groups is 3. The molecule has 1 aromatic carbocycles. The Bertz CT molecular complexity index is 596. The van der Waals surface area contributed by atoms with Gasteiger partial charge in [-0.2, -0.15) is 0 Å². The molecule has 118 valence electrons. The molecule has 1 unspecified atom stereocenters. The van der Waals surface area contributed by atoms with Crippen LogP contribution in [0.15, 0.2) is 18.2 Å². The largest absolute Gasteiger partial charge is 0.298 e. The predicted molar refractivity (Wildman–Crippen MR) is 83.6 cm³/mol. The quantitative estimate of drug-likeness (QED) is 0.666. The molecule has 1 fully saturated rings. The van der Waals surface area contributed by atoms with E-state index in [1.54, 1.807) is 0 Å². The van der Waals surface area contributed by atoms with Gasteiger partial charge in [-0.05, 0) is 36.6 Å². The minimum Gasteiger partial charge on any atom is -0.298 e. The Kier molecular flexibility index (Phi) is 5.08. The summed E-state index contributed by atoms with van der Waals surface area (Å²) in [4.78, 5) is 36.3. The molecule has 0 radical (unpaired) electrons. The number of nitrogens with one attached hydrogen (secondary N) is 1. The van der Waals surface area contributed by atoms with Gasteiger partial charge in [0.2, 0.25) is 11.8 Å². The fraction of sp³-hybridized carbons (Fsp3) is 0.471. The van der Waals surface area contributed by atoms with Gasteiger partial charge in [0.15, 0.2) is 0 Å². The van der Waals surface area contributed by atoms with E-state index in [2.05, 4.69) is 19.2 Å². The van der Waals surface area contributed by atoms with Crippen LogP contribution in [0.5, 0.6) is 0 Å². The molecule has 5 heteroatoms. The molecule has 1 N–H and O–H groups in total. The molecular formula is C17H22N2O3. The summed E-state index contributed by atoms with van der Waals surface area (Å²) < 4.78 is 0. The third-order valence-corrected chi connectivity index (χ3v) is 4.13. The Morgan fingerprint density at radius 2 is 2.09 bits per heavy atom. The van der Waals surface area contributed by atoms with Crippen LogP contribution in [0.25, 0.3) is 0 Å². The van der Waals surface area contributed by atoms with E-state index in [1.807, 2.05) is 30.1 Å². The zero-order valence-corrected chi connectivity index (χ0v) is 13.3. The van der Waals surface area contributed by atoms with Crippen LogP contribution in [0.2, 0.25) is 0 Å². The van der Waals surface area contributed by atoms with Crippen LogP contribution >= 0.6 is 0 Å². The fourth-order valence-electron chi connectivity index (χ4n) is 2.71. The molecule has 0 saturated carbocycles. The lowest BCUT2D eigenvalue weighted by molar-refractivity contribution is -0.137. The zero-order chi connectivity index (χ0) is 16.3. The lowest BCUT2D eigenvalue weighted by Crippen LogP contribution is -2.51. The van der Waals surface area contributed by atoms with Gasteiger partial charge in [-0.3, -0.25) is 24.6 Å². The highest BCUT2D eigenvalue weighted by molar-refractivity contribution is 6.00. The number of amides is 2. The lowest BCUT2D eigenvalue weighted by Gasteiger charge is -2.30. The number of likely N-dealkylation sites (N-methyl/N-ethyl adjacent to an activating group) is 1. The van der Waals surface area contributed by atoms with Crippen molar-refractivity contribution in [2.24, 2.45) is 0 Å². The maximum atomic E-state index is 11.9. The molecule has 0 aliphatic carbocycles. The van der Waals surface area contributed by atoms with Crippen LogP contribution in [0.3, 0.4) is 0 Å². The molecule has 1 saturated heterocycles. The number of aldehydes is 1. The molecule has 1 atom stereocenters.